The van der Waals surface area contributed by atoms with E-state index in [1.54, 1.807) is 30.3 Å². The van der Waals surface area contributed by atoms with Crippen LogP contribution in [0.1, 0.15) is 11.6 Å². The Labute approximate surface area is 135 Å². The SMILES string of the molecule is NCC(Nc1ccc(F)c(Br)c1)c1c(Cl)cccc1Cl. The van der Waals surface area contributed by atoms with Crippen molar-refractivity contribution in [2.24, 2.45) is 5.73 Å². The zero-order chi connectivity index (χ0) is 14.7. The molecule has 2 aromatic carbocycles. The molecule has 0 radical (unpaired) electrons. The Kier molecular flexibility index (Phi) is 5.27. The summed E-state index contributed by atoms with van der Waals surface area (Å²) in [5.41, 5.74) is 7.25. The molecule has 2 aromatic rings. The number of benzene rings is 2. The molecule has 0 aromatic heterocycles. The van der Waals surface area contributed by atoms with E-state index in [2.05, 4.69) is 21.2 Å². The van der Waals surface area contributed by atoms with Crippen molar-refractivity contribution < 1.29 is 4.39 Å². The van der Waals surface area contributed by atoms with Crippen LogP contribution in [-0.4, -0.2) is 6.54 Å². The smallest absolute Gasteiger partial charge is 0.137 e. The van der Waals surface area contributed by atoms with Gasteiger partial charge < -0.3 is 11.1 Å². The third-order valence-corrected chi connectivity index (χ3v) is 4.11. The highest BCUT2D eigenvalue weighted by Gasteiger charge is 2.17. The van der Waals surface area contributed by atoms with Gasteiger partial charge in [0.15, 0.2) is 0 Å². The Hall–Kier alpha value is -0.810. The first kappa shape index (κ1) is 15.6. The summed E-state index contributed by atoms with van der Waals surface area (Å²) in [5.74, 6) is -0.323. The Bertz CT molecular complexity index is 602. The fourth-order valence-electron chi connectivity index (χ4n) is 1.88. The van der Waals surface area contributed by atoms with Crippen LogP contribution >= 0.6 is 39.1 Å². The first-order valence-electron chi connectivity index (χ1n) is 5.88. The van der Waals surface area contributed by atoms with Gasteiger partial charge in [0.1, 0.15) is 5.82 Å². The molecular weight excluding hydrogens is 366 g/mol. The number of nitrogens with one attached hydrogen (secondary N) is 1. The Morgan fingerprint density at radius 1 is 1.20 bits per heavy atom. The lowest BCUT2D eigenvalue weighted by Gasteiger charge is -2.21. The highest BCUT2D eigenvalue weighted by Crippen LogP contribution is 2.32. The minimum atomic E-state index is -0.323. The van der Waals surface area contributed by atoms with Crippen molar-refractivity contribution in [3.8, 4) is 0 Å². The third-order valence-electron chi connectivity index (χ3n) is 2.84. The van der Waals surface area contributed by atoms with Crippen molar-refractivity contribution in [1.29, 1.82) is 0 Å². The summed E-state index contributed by atoms with van der Waals surface area (Å²) in [5, 5.41) is 4.29. The van der Waals surface area contributed by atoms with E-state index in [1.807, 2.05) is 0 Å². The first-order valence-corrected chi connectivity index (χ1v) is 7.43. The Morgan fingerprint density at radius 2 is 1.85 bits per heavy atom. The molecular formula is C14H12BrCl2FN2. The van der Waals surface area contributed by atoms with Gasteiger partial charge in [-0.1, -0.05) is 29.3 Å². The predicted octanol–water partition coefficient (Wildman–Crippen LogP) is 5.01. The lowest BCUT2D eigenvalue weighted by atomic mass is 10.1. The van der Waals surface area contributed by atoms with Gasteiger partial charge >= 0.3 is 0 Å². The third kappa shape index (κ3) is 3.44. The lowest BCUT2D eigenvalue weighted by Crippen LogP contribution is -2.21. The van der Waals surface area contributed by atoms with Gasteiger partial charge in [0.05, 0.1) is 10.5 Å². The second-order valence-electron chi connectivity index (χ2n) is 4.20. The number of nitrogens with two attached hydrogens (primary N) is 1. The maximum absolute atomic E-state index is 13.2. The van der Waals surface area contributed by atoms with E-state index in [0.717, 1.165) is 11.3 Å². The van der Waals surface area contributed by atoms with Crippen molar-refractivity contribution >= 4 is 44.8 Å². The first-order chi connectivity index (χ1) is 9.52. The van der Waals surface area contributed by atoms with Gasteiger partial charge in [0.25, 0.3) is 0 Å². The normalized spacial score (nSPS) is 12.2. The molecule has 0 aliphatic carbocycles. The highest BCUT2D eigenvalue weighted by molar-refractivity contribution is 9.10. The maximum Gasteiger partial charge on any atom is 0.137 e. The minimum Gasteiger partial charge on any atom is -0.377 e. The molecule has 1 atom stereocenters. The summed E-state index contributed by atoms with van der Waals surface area (Å²) < 4.78 is 13.6. The summed E-state index contributed by atoms with van der Waals surface area (Å²) in [7, 11) is 0. The number of hydrogen-bond donors (Lipinski definition) is 2. The Balaban J connectivity index is 2.31. The van der Waals surface area contributed by atoms with Gasteiger partial charge in [0.2, 0.25) is 0 Å². The molecule has 0 heterocycles. The van der Waals surface area contributed by atoms with Gasteiger partial charge in [-0.2, -0.15) is 0 Å². The Morgan fingerprint density at radius 3 is 2.40 bits per heavy atom. The number of halogens is 4. The highest BCUT2D eigenvalue weighted by atomic mass is 79.9. The van der Waals surface area contributed by atoms with E-state index in [4.69, 9.17) is 28.9 Å². The van der Waals surface area contributed by atoms with E-state index >= 15 is 0 Å². The molecule has 0 aliphatic rings. The van der Waals surface area contributed by atoms with Crippen LogP contribution in [0, 0.1) is 5.82 Å². The van der Waals surface area contributed by atoms with E-state index in [9.17, 15) is 4.39 Å². The molecule has 0 fully saturated rings. The topological polar surface area (TPSA) is 38.0 Å². The molecule has 2 rings (SSSR count). The van der Waals surface area contributed by atoms with Crippen molar-refractivity contribution in [3.05, 3.63) is 62.3 Å². The molecule has 106 valence electrons. The molecule has 0 aliphatic heterocycles. The van der Waals surface area contributed by atoms with Crippen LogP contribution in [0.5, 0.6) is 0 Å². The lowest BCUT2D eigenvalue weighted by molar-refractivity contribution is 0.621. The number of anilines is 1. The van der Waals surface area contributed by atoms with Crippen molar-refractivity contribution in [2.75, 3.05) is 11.9 Å². The van der Waals surface area contributed by atoms with Crippen LogP contribution in [0.2, 0.25) is 10.0 Å². The molecule has 2 nitrogen and oxygen atoms in total. The van der Waals surface area contributed by atoms with E-state index in [-0.39, 0.29) is 11.9 Å². The van der Waals surface area contributed by atoms with Gasteiger partial charge in [-0.15, -0.1) is 0 Å². The summed E-state index contributed by atoms with van der Waals surface area (Å²) in [6.07, 6.45) is 0. The zero-order valence-electron chi connectivity index (χ0n) is 10.3. The number of rotatable bonds is 4. The monoisotopic (exact) mass is 376 g/mol. The van der Waals surface area contributed by atoms with Gasteiger partial charge in [0, 0.05) is 27.8 Å². The summed E-state index contributed by atoms with van der Waals surface area (Å²) in [6.45, 7) is 0.304. The van der Waals surface area contributed by atoms with E-state index in [0.29, 0.717) is 21.1 Å². The standard InChI is InChI=1S/C14H12BrCl2FN2/c15-9-6-8(4-5-12(9)18)20-13(7-19)14-10(16)2-1-3-11(14)17/h1-6,13,20H,7,19H2. The van der Waals surface area contributed by atoms with Crippen LogP contribution in [0.25, 0.3) is 0 Å². The van der Waals surface area contributed by atoms with Crippen LogP contribution in [-0.2, 0) is 0 Å². The van der Waals surface area contributed by atoms with Crippen LogP contribution in [0.15, 0.2) is 40.9 Å². The van der Waals surface area contributed by atoms with E-state index < -0.39 is 0 Å². The number of hydrogen-bond acceptors (Lipinski definition) is 2. The van der Waals surface area contributed by atoms with Crippen molar-refractivity contribution in [3.63, 3.8) is 0 Å². The van der Waals surface area contributed by atoms with Crippen LogP contribution in [0.4, 0.5) is 10.1 Å². The molecule has 6 heteroatoms. The summed E-state index contributed by atoms with van der Waals surface area (Å²) in [6, 6.07) is 9.68. The maximum atomic E-state index is 13.2. The molecule has 1 unspecified atom stereocenters. The fourth-order valence-corrected chi connectivity index (χ4v) is 2.92. The second-order valence-corrected chi connectivity index (χ2v) is 5.87. The van der Waals surface area contributed by atoms with Crippen LogP contribution < -0.4 is 11.1 Å². The second kappa shape index (κ2) is 6.76. The zero-order valence-corrected chi connectivity index (χ0v) is 13.4. The van der Waals surface area contributed by atoms with E-state index in [1.165, 1.54) is 6.07 Å². The fraction of sp³-hybridized carbons (Fsp3) is 0.143. The largest absolute Gasteiger partial charge is 0.377 e. The quantitative estimate of drug-likeness (QED) is 0.786. The molecule has 0 saturated carbocycles. The van der Waals surface area contributed by atoms with Gasteiger partial charge in [-0.05, 0) is 46.3 Å². The average molecular weight is 378 g/mol. The summed E-state index contributed by atoms with van der Waals surface area (Å²) in [4.78, 5) is 0. The van der Waals surface area contributed by atoms with Crippen molar-refractivity contribution in [1.82, 2.24) is 0 Å². The molecule has 0 bridgehead atoms. The van der Waals surface area contributed by atoms with Crippen LogP contribution in [0.3, 0.4) is 0 Å². The minimum absolute atomic E-state index is 0.256. The van der Waals surface area contributed by atoms with Crippen molar-refractivity contribution in [2.45, 2.75) is 6.04 Å². The predicted molar refractivity (Wildman–Crippen MR) is 86.0 cm³/mol. The summed E-state index contributed by atoms with van der Waals surface area (Å²) >= 11 is 15.5. The van der Waals surface area contributed by atoms with Gasteiger partial charge in [-0.25, -0.2) is 4.39 Å². The molecule has 3 N–H and O–H groups in total. The molecule has 20 heavy (non-hydrogen) atoms. The molecule has 0 saturated heterocycles. The van der Waals surface area contributed by atoms with Gasteiger partial charge in [-0.3, -0.25) is 0 Å². The average Bonchev–Trinajstić information content (AvgIpc) is 2.41. The molecule has 0 spiro atoms. The molecule has 0 amide bonds.